The molecule has 2 aliphatic rings. The van der Waals surface area contributed by atoms with Crippen LogP contribution in [0.3, 0.4) is 0 Å². The van der Waals surface area contributed by atoms with Crippen LogP contribution >= 0.6 is 11.6 Å². The van der Waals surface area contributed by atoms with Gasteiger partial charge in [0.15, 0.2) is 0 Å². The Morgan fingerprint density at radius 2 is 2.07 bits per heavy atom. The average Bonchev–Trinajstić information content (AvgIpc) is 2.83. The molecule has 0 saturated heterocycles. The first-order valence-corrected chi connectivity index (χ1v) is 11.9. The van der Waals surface area contributed by atoms with Gasteiger partial charge in [0.25, 0.3) is 5.91 Å². The number of carbonyl (C=O) groups excluding carboxylic acids is 1. The van der Waals surface area contributed by atoms with Crippen LogP contribution in [0.4, 0.5) is 4.39 Å². The van der Waals surface area contributed by atoms with E-state index < -0.39 is 27.3 Å². The van der Waals surface area contributed by atoms with Crippen molar-refractivity contribution < 1.29 is 22.3 Å². The molecule has 1 aromatic carbocycles. The molecule has 156 valence electrons. The largest absolute Gasteiger partial charge is 0.491 e. The summed E-state index contributed by atoms with van der Waals surface area (Å²) in [5.74, 6) is -1.07. The average molecular weight is 432 g/mol. The molecule has 2 fully saturated rings. The molecule has 3 rings (SSSR count). The second kappa shape index (κ2) is 7.48. The Balaban J connectivity index is 1.75. The lowest BCUT2D eigenvalue weighted by Gasteiger charge is -2.42. The lowest BCUT2D eigenvalue weighted by atomic mass is 9.65. The molecule has 2 bridgehead atoms. The minimum absolute atomic E-state index is 0.0832. The number of ether oxygens (including phenoxy) is 1. The molecule has 8 heteroatoms. The van der Waals surface area contributed by atoms with Crippen LogP contribution in [0.25, 0.3) is 0 Å². The van der Waals surface area contributed by atoms with Gasteiger partial charge in [-0.1, -0.05) is 31.9 Å². The summed E-state index contributed by atoms with van der Waals surface area (Å²) < 4.78 is 44.4. The van der Waals surface area contributed by atoms with Crippen LogP contribution in [0.5, 0.6) is 5.75 Å². The topological polar surface area (TPSA) is 72.5 Å². The van der Waals surface area contributed by atoms with Gasteiger partial charge in [0.2, 0.25) is 10.0 Å². The number of hydrogen-bond acceptors (Lipinski definition) is 4. The molecule has 0 heterocycles. The molecular weight excluding hydrogens is 405 g/mol. The highest BCUT2D eigenvalue weighted by Gasteiger charge is 2.51. The van der Waals surface area contributed by atoms with Gasteiger partial charge in [-0.25, -0.2) is 17.5 Å². The summed E-state index contributed by atoms with van der Waals surface area (Å²) >= 11 is 6.20. The molecular formula is C20H27ClFNO4S. The number of amides is 1. The molecule has 2 aliphatic carbocycles. The molecule has 5 nitrogen and oxygen atoms in total. The van der Waals surface area contributed by atoms with Crippen molar-refractivity contribution in [3.8, 4) is 5.75 Å². The summed E-state index contributed by atoms with van der Waals surface area (Å²) in [6.45, 7) is 5.03. The Bertz CT molecular complexity index is 890. The Labute approximate surface area is 171 Å². The molecule has 0 spiro atoms. The van der Waals surface area contributed by atoms with Crippen LogP contribution in [-0.4, -0.2) is 27.2 Å². The lowest BCUT2D eigenvalue weighted by Crippen LogP contribution is -2.35. The predicted octanol–water partition coefficient (Wildman–Crippen LogP) is 4.54. The van der Waals surface area contributed by atoms with Crippen LogP contribution in [0.2, 0.25) is 5.02 Å². The fraction of sp³-hybridized carbons (Fsp3) is 0.650. The Morgan fingerprint density at radius 1 is 1.36 bits per heavy atom. The van der Waals surface area contributed by atoms with Gasteiger partial charge in [-0.2, -0.15) is 0 Å². The van der Waals surface area contributed by atoms with Crippen LogP contribution in [0.1, 0.15) is 62.7 Å². The molecule has 0 aliphatic heterocycles. The van der Waals surface area contributed by atoms with E-state index in [0.29, 0.717) is 17.9 Å². The van der Waals surface area contributed by atoms with Crippen molar-refractivity contribution in [1.29, 1.82) is 0 Å². The van der Waals surface area contributed by atoms with Gasteiger partial charge in [0.05, 0.1) is 23.4 Å². The molecule has 2 saturated carbocycles. The van der Waals surface area contributed by atoms with Crippen LogP contribution in [0, 0.1) is 22.6 Å². The number of hydrogen-bond donors (Lipinski definition) is 1. The zero-order valence-corrected chi connectivity index (χ0v) is 18.1. The van der Waals surface area contributed by atoms with Gasteiger partial charge in [0.1, 0.15) is 11.6 Å². The first-order chi connectivity index (χ1) is 12.9. The quantitative estimate of drug-likeness (QED) is 0.717. The Morgan fingerprint density at radius 3 is 2.71 bits per heavy atom. The van der Waals surface area contributed by atoms with E-state index in [1.54, 1.807) is 4.72 Å². The zero-order valence-electron chi connectivity index (χ0n) is 16.5. The van der Waals surface area contributed by atoms with Gasteiger partial charge < -0.3 is 4.74 Å². The fourth-order valence-electron chi connectivity index (χ4n) is 5.12. The predicted molar refractivity (Wildman–Crippen MR) is 107 cm³/mol. The van der Waals surface area contributed by atoms with Crippen LogP contribution in [-0.2, 0) is 10.0 Å². The second-order valence-corrected chi connectivity index (χ2v) is 11.1. The molecule has 1 amide bonds. The van der Waals surface area contributed by atoms with Crippen molar-refractivity contribution in [2.75, 3.05) is 12.9 Å². The van der Waals surface area contributed by atoms with Crippen LogP contribution in [0.15, 0.2) is 12.1 Å². The van der Waals surface area contributed by atoms with Crippen molar-refractivity contribution in [1.82, 2.24) is 4.72 Å². The van der Waals surface area contributed by atoms with Gasteiger partial charge in [-0.05, 0) is 49.5 Å². The molecule has 28 heavy (non-hydrogen) atoms. The first kappa shape index (κ1) is 21.4. The van der Waals surface area contributed by atoms with Crippen molar-refractivity contribution in [3.05, 3.63) is 28.5 Å². The maximum Gasteiger partial charge on any atom is 0.267 e. The van der Waals surface area contributed by atoms with E-state index in [4.69, 9.17) is 16.3 Å². The number of rotatable bonds is 6. The highest BCUT2D eigenvalue weighted by Crippen LogP contribution is 2.60. The maximum absolute atomic E-state index is 14.4. The summed E-state index contributed by atoms with van der Waals surface area (Å²) in [4.78, 5) is 11.9. The van der Waals surface area contributed by atoms with E-state index in [2.05, 4.69) is 13.8 Å². The number of sulfonamides is 1. The van der Waals surface area contributed by atoms with Crippen LogP contribution < -0.4 is 9.46 Å². The van der Waals surface area contributed by atoms with E-state index in [1.165, 1.54) is 12.8 Å². The Hall–Kier alpha value is -1.34. The highest BCUT2D eigenvalue weighted by molar-refractivity contribution is 7.89. The molecule has 1 N–H and O–H groups in total. The molecule has 1 aromatic rings. The third-order valence-electron chi connectivity index (χ3n) is 6.22. The number of fused-ring (bicyclic) bond motifs is 2. The van der Waals surface area contributed by atoms with Gasteiger partial charge in [-0.3, -0.25) is 4.79 Å². The number of benzene rings is 1. The van der Waals surface area contributed by atoms with E-state index in [-0.39, 0.29) is 16.2 Å². The third kappa shape index (κ3) is 4.62. The minimum Gasteiger partial charge on any atom is -0.491 e. The summed E-state index contributed by atoms with van der Waals surface area (Å²) in [6, 6.07) is 2.17. The normalized spacial score (nSPS) is 29.5. The monoisotopic (exact) mass is 431 g/mol. The molecule has 0 aromatic heterocycles. The molecule has 3 unspecified atom stereocenters. The summed E-state index contributed by atoms with van der Waals surface area (Å²) in [5, 5.41) is 0.0834. The smallest absolute Gasteiger partial charge is 0.267 e. The van der Waals surface area contributed by atoms with Crippen molar-refractivity contribution in [2.45, 2.75) is 52.4 Å². The summed E-state index contributed by atoms with van der Waals surface area (Å²) in [7, 11) is -3.80. The van der Waals surface area contributed by atoms with E-state index in [0.717, 1.165) is 44.1 Å². The minimum atomic E-state index is -3.80. The van der Waals surface area contributed by atoms with Gasteiger partial charge in [0, 0.05) is 11.5 Å². The lowest BCUT2D eigenvalue weighted by molar-refractivity contribution is 0.0526. The zero-order chi connectivity index (χ0) is 20.7. The van der Waals surface area contributed by atoms with Crippen molar-refractivity contribution >= 4 is 27.5 Å². The number of nitrogens with one attached hydrogen (secondary N) is 1. The summed E-state index contributed by atoms with van der Waals surface area (Å²) in [5.41, 5.74) is 0.00294. The highest BCUT2D eigenvalue weighted by atomic mass is 35.5. The van der Waals surface area contributed by atoms with Gasteiger partial charge >= 0.3 is 0 Å². The Kier molecular flexibility index (Phi) is 5.71. The third-order valence-corrected chi connectivity index (χ3v) is 7.07. The molecule has 0 radical (unpaired) electrons. The standard InChI is InChI=1S/C20H27ClFNO4S/c1-4-13-9-19(2)5-6-20(10-13,11-19)12-27-17-8-16(22)14(7-15(17)21)18(24)23-28(3,25)26/h7-8,13H,4-6,9-12H2,1-3H3,(H,23,24). The SMILES string of the molecule is CCC1CC2(C)CCC(COc3cc(F)c(C(=O)NS(C)(=O)=O)cc3Cl)(C1)C2. The fourth-order valence-corrected chi connectivity index (χ4v) is 5.78. The molecule has 3 atom stereocenters. The maximum atomic E-state index is 14.4. The van der Waals surface area contributed by atoms with E-state index >= 15 is 0 Å². The number of carbonyl (C=O) groups is 1. The first-order valence-electron chi connectivity index (χ1n) is 9.58. The van der Waals surface area contributed by atoms with Crippen molar-refractivity contribution in [2.24, 2.45) is 16.7 Å². The number of halogens is 2. The van der Waals surface area contributed by atoms with E-state index in [9.17, 15) is 17.6 Å². The van der Waals surface area contributed by atoms with Gasteiger partial charge in [-0.15, -0.1) is 0 Å². The van der Waals surface area contributed by atoms with Crippen molar-refractivity contribution in [3.63, 3.8) is 0 Å². The second-order valence-electron chi connectivity index (χ2n) is 8.92. The van der Waals surface area contributed by atoms with E-state index in [1.807, 2.05) is 0 Å². The summed E-state index contributed by atoms with van der Waals surface area (Å²) in [6.07, 6.45) is 7.71.